The monoisotopic (exact) mass is 384 g/mol. The van der Waals surface area contributed by atoms with E-state index in [0.717, 1.165) is 36.6 Å². The molecule has 0 aromatic carbocycles. The van der Waals surface area contributed by atoms with E-state index in [2.05, 4.69) is 27.3 Å². The molecule has 7 nitrogen and oxygen atoms in total. The molecule has 2 aromatic heterocycles. The standard InChI is InChI=1S/C16H24N4O3S2/c1-4-15-17-14(11-24-15)10-19-6-5-7-20(9-8-19)25(21,22)16-12(2)18-23-13(16)3/h11H,4-10H2,1-3H3. The third-order valence-electron chi connectivity index (χ3n) is 4.40. The number of aryl methyl sites for hydroxylation is 3. The van der Waals surface area contributed by atoms with Gasteiger partial charge in [0.25, 0.3) is 0 Å². The molecule has 0 N–H and O–H groups in total. The van der Waals surface area contributed by atoms with E-state index in [-0.39, 0.29) is 4.90 Å². The first-order valence-corrected chi connectivity index (χ1v) is 10.8. The van der Waals surface area contributed by atoms with E-state index in [9.17, 15) is 8.42 Å². The number of thiazole rings is 1. The van der Waals surface area contributed by atoms with Crippen LogP contribution < -0.4 is 0 Å². The van der Waals surface area contributed by atoms with Crippen LogP contribution in [0.15, 0.2) is 14.8 Å². The van der Waals surface area contributed by atoms with E-state index < -0.39 is 10.0 Å². The highest BCUT2D eigenvalue weighted by atomic mass is 32.2. The van der Waals surface area contributed by atoms with Gasteiger partial charge < -0.3 is 4.52 Å². The zero-order valence-electron chi connectivity index (χ0n) is 14.9. The molecule has 3 rings (SSSR count). The second-order valence-electron chi connectivity index (χ2n) is 6.27. The Morgan fingerprint density at radius 1 is 1.24 bits per heavy atom. The van der Waals surface area contributed by atoms with Crippen molar-refractivity contribution in [1.82, 2.24) is 19.3 Å². The highest BCUT2D eigenvalue weighted by Crippen LogP contribution is 2.24. The second kappa shape index (κ2) is 7.53. The topological polar surface area (TPSA) is 79.5 Å². The van der Waals surface area contributed by atoms with Gasteiger partial charge in [0.15, 0.2) is 5.76 Å². The molecule has 0 unspecified atom stereocenters. The fourth-order valence-electron chi connectivity index (χ4n) is 3.13. The van der Waals surface area contributed by atoms with Crippen LogP contribution >= 0.6 is 11.3 Å². The van der Waals surface area contributed by atoms with E-state index in [0.29, 0.717) is 31.1 Å². The zero-order valence-corrected chi connectivity index (χ0v) is 16.5. The van der Waals surface area contributed by atoms with Gasteiger partial charge in [-0.2, -0.15) is 4.31 Å². The van der Waals surface area contributed by atoms with Crippen LogP contribution in [0.25, 0.3) is 0 Å². The van der Waals surface area contributed by atoms with Crippen molar-refractivity contribution in [2.24, 2.45) is 0 Å². The summed E-state index contributed by atoms with van der Waals surface area (Å²) in [6.45, 7) is 8.73. The van der Waals surface area contributed by atoms with E-state index in [1.807, 2.05) is 0 Å². The largest absolute Gasteiger partial charge is 0.360 e. The molecule has 0 spiro atoms. The minimum absolute atomic E-state index is 0.216. The molecule has 1 saturated heterocycles. The van der Waals surface area contributed by atoms with Crippen molar-refractivity contribution in [3.63, 3.8) is 0 Å². The predicted molar refractivity (Wildman–Crippen MR) is 96.1 cm³/mol. The van der Waals surface area contributed by atoms with Crippen molar-refractivity contribution in [2.45, 2.75) is 45.1 Å². The van der Waals surface area contributed by atoms with Crippen LogP contribution in [0.4, 0.5) is 0 Å². The maximum atomic E-state index is 12.9. The Labute approximate surface area is 152 Å². The maximum Gasteiger partial charge on any atom is 0.248 e. The number of hydrogen-bond acceptors (Lipinski definition) is 7. The van der Waals surface area contributed by atoms with Gasteiger partial charge in [-0.3, -0.25) is 4.90 Å². The Balaban J connectivity index is 1.69. The van der Waals surface area contributed by atoms with Gasteiger partial charge in [-0.05, 0) is 33.2 Å². The summed E-state index contributed by atoms with van der Waals surface area (Å²) in [6, 6.07) is 0. The van der Waals surface area contributed by atoms with E-state index in [4.69, 9.17) is 4.52 Å². The van der Waals surface area contributed by atoms with Crippen LogP contribution in [0.1, 0.15) is 35.5 Å². The van der Waals surface area contributed by atoms with Crippen molar-refractivity contribution in [1.29, 1.82) is 0 Å². The second-order valence-corrected chi connectivity index (χ2v) is 9.09. The maximum absolute atomic E-state index is 12.9. The fourth-order valence-corrected chi connectivity index (χ4v) is 5.63. The van der Waals surface area contributed by atoms with Crippen molar-refractivity contribution in [3.8, 4) is 0 Å². The first kappa shape index (κ1) is 18.5. The van der Waals surface area contributed by atoms with Crippen molar-refractivity contribution in [3.05, 3.63) is 27.5 Å². The molecular formula is C16H24N4O3S2. The first-order chi connectivity index (χ1) is 11.9. The van der Waals surface area contributed by atoms with Gasteiger partial charge in [0.2, 0.25) is 10.0 Å². The van der Waals surface area contributed by atoms with Crippen molar-refractivity contribution < 1.29 is 12.9 Å². The van der Waals surface area contributed by atoms with Crippen LogP contribution in [-0.2, 0) is 23.0 Å². The summed E-state index contributed by atoms with van der Waals surface area (Å²) in [5.41, 5.74) is 1.50. The molecular weight excluding hydrogens is 360 g/mol. The number of nitrogens with zero attached hydrogens (tertiary/aromatic N) is 4. The number of sulfonamides is 1. The van der Waals surface area contributed by atoms with E-state index in [1.165, 1.54) is 0 Å². The van der Waals surface area contributed by atoms with E-state index in [1.54, 1.807) is 29.5 Å². The summed E-state index contributed by atoms with van der Waals surface area (Å²) >= 11 is 1.69. The Kier molecular flexibility index (Phi) is 5.57. The first-order valence-electron chi connectivity index (χ1n) is 8.50. The lowest BCUT2D eigenvalue weighted by Crippen LogP contribution is -2.35. The van der Waals surface area contributed by atoms with Gasteiger partial charge in [0.05, 0.1) is 10.7 Å². The average molecular weight is 385 g/mol. The Morgan fingerprint density at radius 3 is 2.68 bits per heavy atom. The Bertz CT molecular complexity index is 809. The normalized spacial score (nSPS) is 17.7. The van der Waals surface area contributed by atoms with Crippen LogP contribution in [0.5, 0.6) is 0 Å². The van der Waals surface area contributed by atoms with Crippen LogP contribution in [0, 0.1) is 13.8 Å². The van der Waals surface area contributed by atoms with Gasteiger partial charge in [0, 0.05) is 31.6 Å². The van der Waals surface area contributed by atoms with Gasteiger partial charge in [0.1, 0.15) is 10.6 Å². The van der Waals surface area contributed by atoms with Gasteiger partial charge in [-0.25, -0.2) is 13.4 Å². The molecule has 0 radical (unpaired) electrons. The number of rotatable bonds is 5. The molecule has 138 valence electrons. The lowest BCUT2D eigenvalue weighted by atomic mass is 10.3. The smallest absolute Gasteiger partial charge is 0.248 e. The number of hydrogen-bond donors (Lipinski definition) is 0. The molecule has 25 heavy (non-hydrogen) atoms. The minimum atomic E-state index is -3.56. The number of aromatic nitrogens is 2. The molecule has 0 saturated carbocycles. The molecule has 1 fully saturated rings. The molecule has 0 aliphatic carbocycles. The predicted octanol–water partition coefficient (Wildman–Crippen LogP) is 2.21. The summed E-state index contributed by atoms with van der Waals surface area (Å²) in [5, 5.41) is 7.03. The molecule has 0 atom stereocenters. The summed E-state index contributed by atoms with van der Waals surface area (Å²) < 4.78 is 32.5. The molecule has 0 bridgehead atoms. The Hall–Kier alpha value is -1.29. The van der Waals surface area contributed by atoms with Crippen LogP contribution in [-0.4, -0.2) is 53.9 Å². The summed E-state index contributed by atoms with van der Waals surface area (Å²) in [5.74, 6) is 0.355. The van der Waals surface area contributed by atoms with Gasteiger partial charge in [-0.15, -0.1) is 11.3 Å². The third kappa shape index (κ3) is 3.94. The molecule has 9 heteroatoms. The zero-order chi connectivity index (χ0) is 18.0. The molecule has 1 aliphatic rings. The average Bonchev–Trinajstić information content (AvgIpc) is 3.07. The third-order valence-corrected chi connectivity index (χ3v) is 7.59. The van der Waals surface area contributed by atoms with Crippen LogP contribution in [0.3, 0.4) is 0 Å². The highest BCUT2D eigenvalue weighted by Gasteiger charge is 2.32. The molecule has 0 amide bonds. The fraction of sp³-hybridized carbons (Fsp3) is 0.625. The Morgan fingerprint density at radius 2 is 2.04 bits per heavy atom. The van der Waals surface area contributed by atoms with Crippen molar-refractivity contribution >= 4 is 21.4 Å². The summed E-state index contributed by atoms with van der Waals surface area (Å²) in [7, 11) is -3.56. The minimum Gasteiger partial charge on any atom is -0.360 e. The molecule has 3 heterocycles. The van der Waals surface area contributed by atoms with Crippen LogP contribution in [0.2, 0.25) is 0 Å². The quantitative estimate of drug-likeness (QED) is 0.786. The van der Waals surface area contributed by atoms with E-state index >= 15 is 0 Å². The highest BCUT2D eigenvalue weighted by molar-refractivity contribution is 7.89. The summed E-state index contributed by atoms with van der Waals surface area (Å²) in [4.78, 5) is 7.10. The lowest BCUT2D eigenvalue weighted by molar-refractivity contribution is 0.276. The van der Waals surface area contributed by atoms with Crippen molar-refractivity contribution in [2.75, 3.05) is 26.2 Å². The summed E-state index contributed by atoms with van der Waals surface area (Å²) in [6.07, 6.45) is 1.75. The SMILES string of the molecule is CCc1nc(CN2CCCN(S(=O)(=O)c3c(C)noc3C)CC2)cs1. The molecule has 1 aliphatic heterocycles. The lowest BCUT2D eigenvalue weighted by Gasteiger charge is -2.21. The van der Waals surface area contributed by atoms with Gasteiger partial charge in [-0.1, -0.05) is 12.1 Å². The molecule has 2 aromatic rings. The van der Waals surface area contributed by atoms with Gasteiger partial charge >= 0.3 is 0 Å².